The lowest BCUT2D eigenvalue weighted by molar-refractivity contribution is 0.348. The molecule has 2 aromatic rings. The first kappa shape index (κ1) is 14.2. The molecule has 0 atom stereocenters. The largest absolute Gasteiger partial charge is 0.445 e. The summed E-state index contributed by atoms with van der Waals surface area (Å²) in [6.45, 7) is 3.99. The van der Waals surface area contributed by atoms with Gasteiger partial charge in [-0.05, 0) is 19.5 Å². The highest BCUT2D eigenvalue weighted by molar-refractivity contribution is 7.98. The molecule has 0 N–H and O–H groups in total. The van der Waals surface area contributed by atoms with Gasteiger partial charge < -0.3 is 9.32 Å². The van der Waals surface area contributed by atoms with Crippen LogP contribution >= 0.6 is 11.8 Å². The van der Waals surface area contributed by atoms with Crippen LogP contribution in [0.15, 0.2) is 40.9 Å². The predicted octanol–water partition coefficient (Wildman–Crippen LogP) is 3.35. The fourth-order valence-electron chi connectivity index (χ4n) is 1.82. The average molecular weight is 276 g/mol. The van der Waals surface area contributed by atoms with E-state index in [1.165, 1.54) is 5.56 Å². The molecule has 0 saturated carbocycles. The number of nitrogens with zero attached hydrogens (tertiary/aromatic N) is 2. The summed E-state index contributed by atoms with van der Waals surface area (Å²) in [6, 6.07) is 10.6. The van der Waals surface area contributed by atoms with Crippen molar-refractivity contribution in [1.82, 2.24) is 9.88 Å². The van der Waals surface area contributed by atoms with E-state index in [2.05, 4.69) is 47.3 Å². The van der Waals surface area contributed by atoms with E-state index >= 15 is 0 Å². The van der Waals surface area contributed by atoms with E-state index in [0.717, 1.165) is 36.2 Å². The zero-order valence-corrected chi connectivity index (χ0v) is 12.3. The number of aromatic nitrogens is 1. The van der Waals surface area contributed by atoms with Crippen LogP contribution in [0.4, 0.5) is 0 Å². The second-order valence-electron chi connectivity index (χ2n) is 4.64. The van der Waals surface area contributed by atoms with Crippen LogP contribution in [0.3, 0.4) is 0 Å². The molecule has 0 aliphatic heterocycles. The maximum atomic E-state index is 5.44. The lowest BCUT2D eigenvalue weighted by Crippen LogP contribution is -2.20. The predicted molar refractivity (Wildman–Crippen MR) is 80.2 cm³/mol. The van der Waals surface area contributed by atoms with Gasteiger partial charge in [0.05, 0.1) is 11.9 Å². The molecule has 1 aromatic heterocycles. The first-order valence-corrected chi connectivity index (χ1v) is 7.61. The van der Waals surface area contributed by atoms with Crippen molar-refractivity contribution in [3.05, 3.63) is 53.7 Å². The second-order valence-corrected chi connectivity index (χ2v) is 5.75. The van der Waals surface area contributed by atoms with E-state index in [4.69, 9.17) is 4.42 Å². The van der Waals surface area contributed by atoms with Gasteiger partial charge in [-0.25, -0.2) is 4.98 Å². The number of benzene rings is 1. The Morgan fingerprint density at radius 1 is 1.26 bits per heavy atom. The molecule has 0 radical (unpaired) electrons. The van der Waals surface area contributed by atoms with Gasteiger partial charge in [-0.3, -0.25) is 0 Å². The molecule has 0 aliphatic carbocycles. The lowest BCUT2D eigenvalue weighted by atomic mass is 10.2. The number of oxazole rings is 1. The molecular formula is C15H20N2OS. The van der Waals surface area contributed by atoms with Gasteiger partial charge in [0.1, 0.15) is 5.76 Å². The van der Waals surface area contributed by atoms with Crippen molar-refractivity contribution in [2.45, 2.75) is 19.2 Å². The van der Waals surface area contributed by atoms with Gasteiger partial charge in [-0.2, -0.15) is 11.8 Å². The van der Waals surface area contributed by atoms with Crippen LogP contribution in [-0.2, 0) is 12.3 Å². The third-order valence-corrected chi connectivity index (χ3v) is 3.73. The molecular weight excluding hydrogens is 256 g/mol. The summed E-state index contributed by atoms with van der Waals surface area (Å²) in [5, 5.41) is 0. The van der Waals surface area contributed by atoms with Gasteiger partial charge in [-0.1, -0.05) is 30.3 Å². The molecule has 0 amide bonds. The Bertz CT molecular complexity index is 484. The third kappa shape index (κ3) is 5.09. The van der Waals surface area contributed by atoms with Crippen molar-refractivity contribution < 1.29 is 4.42 Å². The number of rotatable bonds is 7. The van der Waals surface area contributed by atoms with E-state index in [1.807, 2.05) is 18.7 Å². The Balaban J connectivity index is 1.63. The van der Waals surface area contributed by atoms with E-state index in [1.54, 1.807) is 6.20 Å². The molecule has 0 spiro atoms. The Hall–Kier alpha value is -1.26. The summed E-state index contributed by atoms with van der Waals surface area (Å²) in [5.41, 5.74) is 1.36. The maximum Gasteiger partial charge on any atom is 0.204 e. The zero-order chi connectivity index (χ0) is 13.5. The highest BCUT2D eigenvalue weighted by atomic mass is 32.2. The van der Waals surface area contributed by atoms with Crippen molar-refractivity contribution in [1.29, 1.82) is 0 Å². The van der Waals surface area contributed by atoms with Gasteiger partial charge in [0.25, 0.3) is 0 Å². The van der Waals surface area contributed by atoms with Crippen LogP contribution in [0.5, 0.6) is 0 Å². The molecule has 19 heavy (non-hydrogen) atoms. The normalized spacial score (nSPS) is 11.1. The third-order valence-electron chi connectivity index (χ3n) is 2.81. The molecule has 3 nitrogen and oxygen atoms in total. The molecule has 2 rings (SSSR count). The zero-order valence-electron chi connectivity index (χ0n) is 11.5. The van der Waals surface area contributed by atoms with E-state index in [-0.39, 0.29) is 0 Å². The standard InChI is InChI=1S/C15H20N2OS/c1-13-10-16-15(18-13)12-19-9-8-17(2)11-14-6-4-3-5-7-14/h3-7,10H,8-9,11-12H2,1-2H3. The van der Waals surface area contributed by atoms with E-state index in [0.29, 0.717) is 0 Å². The highest BCUT2D eigenvalue weighted by Gasteiger charge is 2.03. The molecule has 0 saturated heterocycles. The van der Waals surface area contributed by atoms with Crippen molar-refractivity contribution >= 4 is 11.8 Å². The fourth-order valence-corrected chi connectivity index (χ4v) is 2.72. The van der Waals surface area contributed by atoms with Crippen LogP contribution in [0.1, 0.15) is 17.2 Å². The molecule has 1 heterocycles. The summed E-state index contributed by atoms with van der Waals surface area (Å²) >= 11 is 1.86. The minimum atomic E-state index is 0.827. The summed E-state index contributed by atoms with van der Waals surface area (Å²) in [5.74, 6) is 3.66. The lowest BCUT2D eigenvalue weighted by Gasteiger charge is -2.16. The van der Waals surface area contributed by atoms with Crippen molar-refractivity contribution in [3.63, 3.8) is 0 Å². The minimum absolute atomic E-state index is 0.827. The van der Waals surface area contributed by atoms with Gasteiger partial charge in [0, 0.05) is 18.8 Å². The van der Waals surface area contributed by atoms with Crippen molar-refractivity contribution in [2.75, 3.05) is 19.3 Å². The number of hydrogen-bond acceptors (Lipinski definition) is 4. The Morgan fingerprint density at radius 2 is 2.05 bits per heavy atom. The Labute approximate surface area is 119 Å². The first-order chi connectivity index (χ1) is 9.24. The van der Waals surface area contributed by atoms with E-state index < -0.39 is 0 Å². The summed E-state index contributed by atoms with van der Waals surface area (Å²) in [7, 11) is 2.16. The number of hydrogen-bond donors (Lipinski definition) is 0. The van der Waals surface area contributed by atoms with Crippen LogP contribution in [0.25, 0.3) is 0 Å². The van der Waals surface area contributed by atoms with Crippen LogP contribution in [0.2, 0.25) is 0 Å². The fraction of sp³-hybridized carbons (Fsp3) is 0.400. The Morgan fingerprint density at radius 3 is 2.74 bits per heavy atom. The Kier molecular flexibility index (Phi) is 5.48. The van der Waals surface area contributed by atoms with Crippen LogP contribution in [0, 0.1) is 6.92 Å². The highest BCUT2D eigenvalue weighted by Crippen LogP contribution is 2.12. The molecule has 4 heteroatoms. The molecule has 0 fully saturated rings. The van der Waals surface area contributed by atoms with E-state index in [9.17, 15) is 0 Å². The molecule has 0 unspecified atom stereocenters. The molecule has 0 bridgehead atoms. The van der Waals surface area contributed by atoms with Crippen molar-refractivity contribution in [3.8, 4) is 0 Å². The summed E-state index contributed by atoms with van der Waals surface area (Å²) in [6.07, 6.45) is 1.78. The summed E-state index contributed by atoms with van der Waals surface area (Å²) < 4.78 is 5.44. The monoisotopic (exact) mass is 276 g/mol. The molecule has 102 valence electrons. The summed E-state index contributed by atoms with van der Waals surface area (Å²) in [4.78, 5) is 6.54. The SMILES string of the molecule is Cc1cnc(CSCCN(C)Cc2ccccc2)o1. The first-order valence-electron chi connectivity index (χ1n) is 6.45. The quantitative estimate of drug-likeness (QED) is 0.725. The topological polar surface area (TPSA) is 29.3 Å². The van der Waals surface area contributed by atoms with Gasteiger partial charge in [0.2, 0.25) is 5.89 Å². The number of thioether (sulfide) groups is 1. The van der Waals surface area contributed by atoms with Gasteiger partial charge >= 0.3 is 0 Å². The minimum Gasteiger partial charge on any atom is -0.445 e. The molecule has 1 aromatic carbocycles. The van der Waals surface area contributed by atoms with Gasteiger partial charge in [0.15, 0.2) is 0 Å². The second kappa shape index (κ2) is 7.36. The van der Waals surface area contributed by atoms with Crippen LogP contribution in [-0.4, -0.2) is 29.2 Å². The molecule has 0 aliphatic rings. The average Bonchev–Trinajstić information content (AvgIpc) is 2.82. The number of aryl methyl sites for hydroxylation is 1. The van der Waals surface area contributed by atoms with Crippen LogP contribution < -0.4 is 0 Å². The van der Waals surface area contributed by atoms with Gasteiger partial charge in [-0.15, -0.1) is 0 Å². The smallest absolute Gasteiger partial charge is 0.204 e. The van der Waals surface area contributed by atoms with Crippen molar-refractivity contribution in [2.24, 2.45) is 0 Å². The maximum absolute atomic E-state index is 5.44.